The van der Waals surface area contributed by atoms with Crippen LogP contribution in [0.25, 0.3) is 0 Å². The Labute approximate surface area is 117 Å². The van der Waals surface area contributed by atoms with Crippen molar-refractivity contribution in [3.8, 4) is 0 Å². The first-order valence-electron chi connectivity index (χ1n) is 6.51. The summed E-state index contributed by atoms with van der Waals surface area (Å²) in [5.74, 6) is 0.254. The van der Waals surface area contributed by atoms with Crippen molar-refractivity contribution < 1.29 is 4.79 Å². The first-order chi connectivity index (χ1) is 9.13. The molecular formula is C13H20N4OS. The Hall–Kier alpha value is -1.56. The van der Waals surface area contributed by atoms with Crippen LogP contribution in [0.1, 0.15) is 28.9 Å². The number of carbonyl (C=O) groups excluding carboxylic acids is 1. The van der Waals surface area contributed by atoms with E-state index in [-0.39, 0.29) is 5.91 Å². The average molecular weight is 280 g/mol. The van der Waals surface area contributed by atoms with Crippen LogP contribution < -0.4 is 10.6 Å². The molecule has 1 saturated heterocycles. The number of anilines is 2. The molecule has 104 valence electrons. The Balaban J connectivity index is 2.15. The standard InChI is InChI=1S/C13H20N4OS/c1-3-7-16(2)12(18)10-11(14)15-13(19-10)17-8-5-4-6-9-17/h3H,1,4-9,14H2,2H3. The van der Waals surface area contributed by atoms with Crippen LogP contribution >= 0.6 is 11.3 Å². The number of amides is 1. The maximum atomic E-state index is 12.2. The zero-order chi connectivity index (χ0) is 13.8. The van der Waals surface area contributed by atoms with E-state index in [0.29, 0.717) is 17.2 Å². The lowest BCUT2D eigenvalue weighted by atomic mass is 10.1. The van der Waals surface area contributed by atoms with E-state index in [4.69, 9.17) is 5.73 Å². The maximum absolute atomic E-state index is 12.2. The largest absolute Gasteiger partial charge is 0.382 e. The summed E-state index contributed by atoms with van der Waals surface area (Å²) in [5, 5.41) is 0.868. The van der Waals surface area contributed by atoms with E-state index in [2.05, 4.69) is 16.5 Å². The molecule has 0 atom stereocenters. The molecule has 1 aliphatic rings. The van der Waals surface area contributed by atoms with E-state index in [1.54, 1.807) is 18.0 Å². The number of aromatic nitrogens is 1. The van der Waals surface area contributed by atoms with E-state index in [1.807, 2.05) is 0 Å². The van der Waals surface area contributed by atoms with E-state index in [9.17, 15) is 4.79 Å². The summed E-state index contributed by atoms with van der Waals surface area (Å²) < 4.78 is 0. The molecule has 1 aromatic heterocycles. The predicted octanol–water partition coefficient (Wildman–Crippen LogP) is 1.97. The minimum absolute atomic E-state index is 0.0850. The summed E-state index contributed by atoms with van der Waals surface area (Å²) >= 11 is 1.39. The van der Waals surface area contributed by atoms with Crippen molar-refractivity contribution in [2.45, 2.75) is 19.3 Å². The maximum Gasteiger partial charge on any atom is 0.267 e. The highest BCUT2D eigenvalue weighted by Crippen LogP contribution is 2.30. The monoisotopic (exact) mass is 280 g/mol. The number of rotatable bonds is 4. The van der Waals surface area contributed by atoms with Crippen LogP contribution in [0.2, 0.25) is 0 Å². The predicted molar refractivity (Wildman–Crippen MR) is 79.7 cm³/mol. The van der Waals surface area contributed by atoms with Crippen molar-refractivity contribution in [2.75, 3.05) is 37.3 Å². The minimum atomic E-state index is -0.0850. The molecule has 2 heterocycles. The lowest BCUT2D eigenvalue weighted by Crippen LogP contribution is -2.29. The third-order valence-corrected chi connectivity index (χ3v) is 4.33. The molecule has 2 N–H and O–H groups in total. The third-order valence-electron chi connectivity index (χ3n) is 3.21. The number of nitrogen functional groups attached to an aromatic ring is 1. The minimum Gasteiger partial charge on any atom is -0.382 e. The molecule has 0 radical (unpaired) electrons. The highest BCUT2D eigenvalue weighted by atomic mass is 32.1. The van der Waals surface area contributed by atoms with E-state index < -0.39 is 0 Å². The Morgan fingerprint density at radius 3 is 2.84 bits per heavy atom. The number of likely N-dealkylation sites (N-methyl/N-ethyl adjacent to an activating group) is 1. The van der Waals surface area contributed by atoms with Crippen molar-refractivity contribution in [1.29, 1.82) is 0 Å². The fourth-order valence-electron chi connectivity index (χ4n) is 2.14. The van der Waals surface area contributed by atoms with Crippen LogP contribution in [-0.4, -0.2) is 42.5 Å². The van der Waals surface area contributed by atoms with Gasteiger partial charge in [-0.25, -0.2) is 4.98 Å². The van der Waals surface area contributed by atoms with Crippen LogP contribution in [-0.2, 0) is 0 Å². The van der Waals surface area contributed by atoms with Gasteiger partial charge in [-0.05, 0) is 19.3 Å². The Morgan fingerprint density at radius 2 is 2.21 bits per heavy atom. The summed E-state index contributed by atoms with van der Waals surface area (Å²) in [7, 11) is 1.74. The van der Waals surface area contributed by atoms with Crippen molar-refractivity contribution in [2.24, 2.45) is 0 Å². The summed E-state index contributed by atoms with van der Waals surface area (Å²) in [4.78, 5) is 20.9. The molecule has 0 unspecified atom stereocenters. The van der Waals surface area contributed by atoms with Crippen LogP contribution in [0.4, 0.5) is 10.9 Å². The molecule has 1 aromatic rings. The fourth-order valence-corrected chi connectivity index (χ4v) is 3.18. The Bertz CT molecular complexity index is 465. The molecule has 1 aliphatic heterocycles. The topological polar surface area (TPSA) is 62.5 Å². The van der Waals surface area contributed by atoms with Gasteiger partial charge in [0.25, 0.3) is 5.91 Å². The quantitative estimate of drug-likeness (QED) is 0.857. The molecule has 19 heavy (non-hydrogen) atoms. The number of carbonyl (C=O) groups is 1. The van der Waals surface area contributed by atoms with Crippen molar-refractivity contribution in [3.63, 3.8) is 0 Å². The highest BCUT2D eigenvalue weighted by Gasteiger charge is 2.22. The molecule has 5 nitrogen and oxygen atoms in total. The smallest absolute Gasteiger partial charge is 0.267 e. The van der Waals surface area contributed by atoms with Crippen molar-refractivity contribution in [3.05, 3.63) is 17.5 Å². The molecule has 0 aromatic carbocycles. The molecule has 0 bridgehead atoms. The van der Waals surface area contributed by atoms with Crippen LogP contribution in [0.15, 0.2) is 12.7 Å². The van der Waals surface area contributed by atoms with Gasteiger partial charge < -0.3 is 15.5 Å². The average Bonchev–Trinajstić information content (AvgIpc) is 2.81. The highest BCUT2D eigenvalue weighted by molar-refractivity contribution is 7.18. The molecule has 2 rings (SSSR count). The summed E-state index contributed by atoms with van der Waals surface area (Å²) in [6, 6.07) is 0. The van der Waals surface area contributed by atoms with Gasteiger partial charge in [-0.15, -0.1) is 6.58 Å². The van der Waals surface area contributed by atoms with Gasteiger partial charge in [-0.1, -0.05) is 17.4 Å². The second-order valence-electron chi connectivity index (χ2n) is 4.73. The number of hydrogen-bond acceptors (Lipinski definition) is 5. The molecule has 0 saturated carbocycles. The van der Waals surface area contributed by atoms with E-state index >= 15 is 0 Å². The molecule has 1 fully saturated rings. The van der Waals surface area contributed by atoms with Crippen molar-refractivity contribution in [1.82, 2.24) is 9.88 Å². The normalized spacial score (nSPS) is 15.3. The first kappa shape index (κ1) is 13.9. The van der Waals surface area contributed by atoms with Crippen LogP contribution in [0.5, 0.6) is 0 Å². The molecule has 0 spiro atoms. The van der Waals surface area contributed by atoms with Gasteiger partial charge in [0.05, 0.1) is 0 Å². The van der Waals surface area contributed by atoms with Gasteiger partial charge in [0, 0.05) is 26.7 Å². The van der Waals surface area contributed by atoms with E-state index in [0.717, 1.165) is 18.2 Å². The molecular weight excluding hydrogens is 260 g/mol. The van der Waals surface area contributed by atoms with E-state index in [1.165, 1.54) is 30.6 Å². The van der Waals surface area contributed by atoms with Crippen LogP contribution in [0, 0.1) is 0 Å². The molecule has 0 aliphatic carbocycles. The SMILES string of the molecule is C=CCN(C)C(=O)c1sc(N2CCCCC2)nc1N. The van der Waals surface area contributed by atoms with Crippen molar-refractivity contribution >= 4 is 28.2 Å². The summed E-state index contributed by atoms with van der Waals surface area (Å²) in [6.45, 7) is 6.15. The number of hydrogen-bond donors (Lipinski definition) is 1. The number of nitrogens with zero attached hydrogens (tertiary/aromatic N) is 3. The second-order valence-corrected chi connectivity index (χ2v) is 5.71. The van der Waals surface area contributed by atoms with Crippen LogP contribution in [0.3, 0.4) is 0 Å². The van der Waals surface area contributed by atoms with Gasteiger partial charge in [0.2, 0.25) is 0 Å². The summed E-state index contributed by atoms with van der Waals surface area (Å²) in [6.07, 6.45) is 5.32. The first-order valence-corrected chi connectivity index (χ1v) is 7.32. The third kappa shape index (κ3) is 3.07. The lowest BCUT2D eigenvalue weighted by molar-refractivity contribution is 0.0815. The van der Waals surface area contributed by atoms with Gasteiger partial charge >= 0.3 is 0 Å². The second kappa shape index (κ2) is 6.06. The lowest BCUT2D eigenvalue weighted by Gasteiger charge is -2.25. The zero-order valence-corrected chi connectivity index (χ0v) is 12.1. The molecule has 6 heteroatoms. The Kier molecular flexibility index (Phi) is 4.42. The van der Waals surface area contributed by atoms with Gasteiger partial charge in [0.15, 0.2) is 5.13 Å². The number of thiazole rings is 1. The van der Waals surface area contributed by atoms with Gasteiger partial charge in [-0.3, -0.25) is 4.79 Å². The number of nitrogens with two attached hydrogens (primary N) is 1. The Morgan fingerprint density at radius 1 is 1.53 bits per heavy atom. The van der Waals surface area contributed by atoms with Gasteiger partial charge in [0.1, 0.15) is 10.7 Å². The summed E-state index contributed by atoms with van der Waals surface area (Å²) in [5.41, 5.74) is 5.88. The number of piperidine rings is 1. The van der Waals surface area contributed by atoms with Gasteiger partial charge in [-0.2, -0.15) is 0 Å². The zero-order valence-electron chi connectivity index (χ0n) is 11.3. The fraction of sp³-hybridized carbons (Fsp3) is 0.538. The molecule has 1 amide bonds.